The molecule has 0 N–H and O–H groups in total. The van der Waals surface area contributed by atoms with Crippen molar-refractivity contribution in [3.05, 3.63) is 36.0 Å². The van der Waals surface area contributed by atoms with Crippen molar-refractivity contribution in [1.29, 1.82) is 0 Å². The Balaban J connectivity index is 1.87. The molecular weight excluding hydrogens is 218 g/mol. The summed E-state index contributed by atoms with van der Waals surface area (Å²) in [4.78, 5) is 15.2. The van der Waals surface area contributed by atoms with Crippen molar-refractivity contribution >= 4 is 11.6 Å². The van der Waals surface area contributed by atoms with Crippen molar-refractivity contribution in [1.82, 2.24) is 0 Å². The van der Waals surface area contributed by atoms with E-state index in [0.29, 0.717) is 13.2 Å². The quantitative estimate of drug-likeness (QED) is 0.685. The Labute approximate surface area is 99.3 Å². The Morgan fingerprint density at radius 3 is 2.88 bits per heavy atom. The molecule has 1 aliphatic carbocycles. The third-order valence-corrected chi connectivity index (χ3v) is 3.00. The summed E-state index contributed by atoms with van der Waals surface area (Å²) >= 11 is 0. The standard InChI is InChI=1S/C13H13NO3/c15-12-6-5-9-10(3-1-4-11(9)14-12)13-16-7-2-8-17-13/h1,3-6,9,13H,2,7-8H2. The van der Waals surface area contributed by atoms with Gasteiger partial charge in [-0.2, -0.15) is 0 Å². The summed E-state index contributed by atoms with van der Waals surface area (Å²) in [5.74, 6) is -0.187. The van der Waals surface area contributed by atoms with Gasteiger partial charge in [0.25, 0.3) is 5.91 Å². The summed E-state index contributed by atoms with van der Waals surface area (Å²) in [7, 11) is 0. The van der Waals surface area contributed by atoms with Gasteiger partial charge in [0.15, 0.2) is 6.29 Å². The molecule has 2 heterocycles. The van der Waals surface area contributed by atoms with Crippen molar-refractivity contribution in [2.75, 3.05) is 13.2 Å². The van der Waals surface area contributed by atoms with Crippen LogP contribution in [-0.2, 0) is 14.3 Å². The maximum absolute atomic E-state index is 11.2. The van der Waals surface area contributed by atoms with Gasteiger partial charge in [-0.1, -0.05) is 18.2 Å². The molecule has 4 heteroatoms. The summed E-state index contributed by atoms with van der Waals surface area (Å²) in [6.07, 6.45) is 9.73. The van der Waals surface area contributed by atoms with Crippen LogP contribution in [0.25, 0.3) is 0 Å². The third-order valence-electron chi connectivity index (χ3n) is 3.00. The monoisotopic (exact) mass is 231 g/mol. The maximum Gasteiger partial charge on any atom is 0.269 e. The van der Waals surface area contributed by atoms with Gasteiger partial charge in [-0.05, 0) is 18.1 Å². The molecule has 1 unspecified atom stereocenters. The molecular formula is C13H13NO3. The van der Waals surface area contributed by atoms with E-state index in [1.165, 1.54) is 6.08 Å². The lowest BCUT2D eigenvalue weighted by molar-refractivity contribution is -0.158. The van der Waals surface area contributed by atoms with E-state index in [4.69, 9.17) is 9.47 Å². The molecule has 1 atom stereocenters. The number of hydrogen-bond donors (Lipinski definition) is 0. The molecule has 0 aromatic rings. The second kappa shape index (κ2) is 4.39. The number of amides is 1. The zero-order chi connectivity index (χ0) is 11.7. The zero-order valence-corrected chi connectivity index (χ0v) is 9.33. The second-order valence-electron chi connectivity index (χ2n) is 4.16. The minimum absolute atomic E-state index is 0.0146. The first-order valence-electron chi connectivity index (χ1n) is 5.77. The molecule has 0 saturated carbocycles. The fourth-order valence-electron chi connectivity index (χ4n) is 2.20. The van der Waals surface area contributed by atoms with Crippen LogP contribution in [0.5, 0.6) is 0 Å². The van der Waals surface area contributed by atoms with Gasteiger partial charge >= 0.3 is 0 Å². The van der Waals surface area contributed by atoms with Gasteiger partial charge in [-0.25, -0.2) is 4.99 Å². The summed E-state index contributed by atoms with van der Waals surface area (Å²) in [6, 6.07) is 0. The van der Waals surface area contributed by atoms with Crippen LogP contribution in [0.4, 0.5) is 0 Å². The van der Waals surface area contributed by atoms with Crippen molar-refractivity contribution in [3.8, 4) is 0 Å². The topological polar surface area (TPSA) is 47.9 Å². The minimum Gasteiger partial charge on any atom is -0.349 e. The highest BCUT2D eigenvalue weighted by atomic mass is 16.7. The summed E-state index contributed by atoms with van der Waals surface area (Å²) in [6.45, 7) is 1.43. The highest BCUT2D eigenvalue weighted by Gasteiger charge is 2.30. The first-order chi connectivity index (χ1) is 8.34. The lowest BCUT2D eigenvalue weighted by atomic mass is 9.87. The molecule has 0 aromatic carbocycles. The first kappa shape index (κ1) is 10.6. The minimum atomic E-state index is -0.304. The molecule has 88 valence electrons. The third kappa shape index (κ3) is 2.01. The number of dihydropyridines is 1. The van der Waals surface area contributed by atoms with Gasteiger partial charge < -0.3 is 9.47 Å². The SMILES string of the molecule is O=C1C=CC2C(C3OCCCO3)=CC=CC2=N1. The Morgan fingerprint density at radius 1 is 1.24 bits per heavy atom. The highest BCUT2D eigenvalue weighted by Crippen LogP contribution is 2.28. The van der Waals surface area contributed by atoms with E-state index in [2.05, 4.69) is 4.99 Å². The Morgan fingerprint density at radius 2 is 2.06 bits per heavy atom. The molecule has 1 amide bonds. The van der Waals surface area contributed by atoms with Crippen LogP contribution in [0.3, 0.4) is 0 Å². The average Bonchev–Trinajstić information content (AvgIpc) is 2.39. The van der Waals surface area contributed by atoms with Gasteiger partial charge in [0.05, 0.1) is 18.9 Å². The van der Waals surface area contributed by atoms with Crippen molar-refractivity contribution in [2.45, 2.75) is 12.7 Å². The fourth-order valence-corrected chi connectivity index (χ4v) is 2.20. The number of carbonyl (C=O) groups is 1. The molecule has 0 bridgehead atoms. The van der Waals surface area contributed by atoms with Crippen LogP contribution >= 0.6 is 0 Å². The number of hydrogen-bond acceptors (Lipinski definition) is 3. The number of aliphatic imine (C=N–C) groups is 1. The number of nitrogens with zero attached hydrogens (tertiary/aromatic N) is 1. The Kier molecular flexibility index (Phi) is 2.74. The molecule has 17 heavy (non-hydrogen) atoms. The van der Waals surface area contributed by atoms with Crippen LogP contribution < -0.4 is 0 Å². The van der Waals surface area contributed by atoms with Crippen LogP contribution in [0, 0.1) is 5.92 Å². The number of rotatable bonds is 1. The van der Waals surface area contributed by atoms with E-state index >= 15 is 0 Å². The van der Waals surface area contributed by atoms with E-state index in [1.807, 2.05) is 24.3 Å². The molecule has 3 rings (SSSR count). The summed E-state index contributed by atoms with van der Waals surface area (Å²) < 4.78 is 11.2. The lowest BCUT2D eigenvalue weighted by Crippen LogP contribution is -2.33. The molecule has 2 aliphatic heterocycles. The summed E-state index contributed by atoms with van der Waals surface area (Å²) in [5, 5.41) is 0. The van der Waals surface area contributed by atoms with Crippen molar-refractivity contribution in [2.24, 2.45) is 10.9 Å². The normalized spacial score (nSPS) is 28.7. The van der Waals surface area contributed by atoms with E-state index in [9.17, 15) is 4.79 Å². The fraction of sp³-hybridized carbons (Fsp3) is 0.385. The van der Waals surface area contributed by atoms with E-state index < -0.39 is 0 Å². The van der Waals surface area contributed by atoms with Gasteiger partial charge in [-0.3, -0.25) is 4.79 Å². The molecule has 0 spiro atoms. The van der Waals surface area contributed by atoms with Gasteiger partial charge in [0, 0.05) is 12.0 Å². The lowest BCUT2D eigenvalue weighted by Gasteiger charge is -2.31. The predicted molar refractivity (Wildman–Crippen MR) is 62.6 cm³/mol. The zero-order valence-electron chi connectivity index (χ0n) is 9.33. The maximum atomic E-state index is 11.2. The van der Waals surface area contributed by atoms with E-state index in [-0.39, 0.29) is 18.1 Å². The van der Waals surface area contributed by atoms with Crippen molar-refractivity contribution < 1.29 is 14.3 Å². The number of carbonyl (C=O) groups excluding carboxylic acids is 1. The van der Waals surface area contributed by atoms with Crippen molar-refractivity contribution in [3.63, 3.8) is 0 Å². The average molecular weight is 231 g/mol. The summed E-state index contributed by atoms with van der Waals surface area (Å²) in [5.41, 5.74) is 1.79. The predicted octanol–water partition coefficient (Wildman–Crippen LogP) is 1.40. The smallest absolute Gasteiger partial charge is 0.269 e. The van der Waals surface area contributed by atoms with E-state index in [0.717, 1.165) is 17.7 Å². The number of ether oxygens (including phenoxy) is 2. The van der Waals surface area contributed by atoms with Gasteiger partial charge in [0.1, 0.15) is 0 Å². The van der Waals surface area contributed by atoms with Crippen LogP contribution in [0.2, 0.25) is 0 Å². The molecule has 0 radical (unpaired) electrons. The second-order valence-corrected chi connectivity index (χ2v) is 4.16. The largest absolute Gasteiger partial charge is 0.349 e. The molecule has 1 saturated heterocycles. The van der Waals surface area contributed by atoms with Gasteiger partial charge in [0.2, 0.25) is 0 Å². The Hall–Kier alpha value is -1.52. The molecule has 1 fully saturated rings. The molecule has 3 aliphatic rings. The number of fused-ring (bicyclic) bond motifs is 1. The first-order valence-corrected chi connectivity index (χ1v) is 5.77. The van der Waals surface area contributed by atoms with Crippen LogP contribution in [-0.4, -0.2) is 31.1 Å². The van der Waals surface area contributed by atoms with Gasteiger partial charge in [-0.15, -0.1) is 0 Å². The van der Waals surface area contributed by atoms with Crippen LogP contribution in [0.1, 0.15) is 6.42 Å². The molecule has 4 nitrogen and oxygen atoms in total. The Bertz CT molecular complexity index is 453. The molecule has 0 aromatic heterocycles. The highest BCUT2D eigenvalue weighted by molar-refractivity contribution is 6.11. The van der Waals surface area contributed by atoms with Crippen LogP contribution in [0.15, 0.2) is 40.9 Å². The number of allylic oxidation sites excluding steroid dienone is 4. The van der Waals surface area contributed by atoms with E-state index in [1.54, 1.807) is 0 Å².